The van der Waals surface area contributed by atoms with E-state index in [1.807, 2.05) is 26.0 Å². The summed E-state index contributed by atoms with van der Waals surface area (Å²) >= 11 is 0. The molecular formula is C20H19F2NO3. The van der Waals surface area contributed by atoms with Gasteiger partial charge in [0.05, 0.1) is 5.69 Å². The van der Waals surface area contributed by atoms with Crippen molar-refractivity contribution in [3.63, 3.8) is 0 Å². The van der Waals surface area contributed by atoms with E-state index in [1.165, 1.54) is 12.1 Å². The molecular weight excluding hydrogens is 340 g/mol. The predicted octanol–water partition coefficient (Wildman–Crippen LogP) is 4.93. The minimum atomic E-state index is -2.91. The van der Waals surface area contributed by atoms with Crippen molar-refractivity contribution in [1.29, 1.82) is 0 Å². The molecule has 0 amide bonds. The fraction of sp³-hybridized carbons (Fsp3) is 0.250. The lowest BCUT2D eigenvalue weighted by Gasteiger charge is -2.16. The fourth-order valence-electron chi connectivity index (χ4n) is 2.92. The van der Waals surface area contributed by atoms with Crippen molar-refractivity contribution in [2.75, 3.05) is 5.32 Å². The van der Waals surface area contributed by atoms with Crippen LogP contribution in [0.3, 0.4) is 0 Å². The summed E-state index contributed by atoms with van der Waals surface area (Å²) in [5.74, 6) is 0.0688. The maximum Gasteiger partial charge on any atom is 0.387 e. The van der Waals surface area contributed by atoms with Crippen LogP contribution >= 0.6 is 0 Å². The Morgan fingerprint density at radius 2 is 1.88 bits per heavy atom. The molecule has 1 aromatic heterocycles. The number of ether oxygens (including phenoxy) is 1. The highest BCUT2D eigenvalue weighted by Crippen LogP contribution is 2.31. The Bertz CT molecular complexity index is 1010. The second-order valence-corrected chi connectivity index (χ2v) is 6.15. The SMILES string of the molecule is Cc1cccc(OC(F)F)c1NCc1cc(=O)oc2c(C)c(C)ccc12. The van der Waals surface area contributed by atoms with E-state index in [4.69, 9.17) is 4.42 Å². The summed E-state index contributed by atoms with van der Waals surface area (Å²) in [5.41, 5.74) is 3.99. The van der Waals surface area contributed by atoms with Crippen LogP contribution in [0, 0.1) is 20.8 Å². The summed E-state index contributed by atoms with van der Waals surface area (Å²) in [6, 6.07) is 10.2. The summed E-state index contributed by atoms with van der Waals surface area (Å²) < 4.78 is 35.2. The molecule has 0 atom stereocenters. The zero-order valence-corrected chi connectivity index (χ0v) is 14.7. The van der Waals surface area contributed by atoms with Gasteiger partial charge in [0.15, 0.2) is 0 Å². The Morgan fingerprint density at radius 1 is 1.12 bits per heavy atom. The highest BCUT2D eigenvalue weighted by Gasteiger charge is 2.13. The number of hydrogen-bond acceptors (Lipinski definition) is 4. The van der Waals surface area contributed by atoms with Crippen LogP contribution in [-0.4, -0.2) is 6.61 Å². The van der Waals surface area contributed by atoms with Crippen molar-refractivity contribution in [3.05, 3.63) is 69.1 Å². The number of benzene rings is 2. The molecule has 4 nitrogen and oxygen atoms in total. The van der Waals surface area contributed by atoms with Gasteiger partial charge in [-0.3, -0.25) is 0 Å². The zero-order chi connectivity index (χ0) is 18.8. The summed E-state index contributed by atoms with van der Waals surface area (Å²) in [7, 11) is 0. The molecule has 0 fully saturated rings. The van der Waals surface area contributed by atoms with Crippen molar-refractivity contribution >= 4 is 16.7 Å². The van der Waals surface area contributed by atoms with Crippen LogP contribution in [0.1, 0.15) is 22.3 Å². The van der Waals surface area contributed by atoms with E-state index >= 15 is 0 Å². The molecule has 1 heterocycles. The third kappa shape index (κ3) is 3.54. The molecule has 0 bridgehead atoms. The van der Waals surface area contributed by atoms with Crippen LogP contribution < -0.4 is 15.7 Å². The Morgan fingerprint density at radius 3 is 2.62 bits per heavy atom. The van der Waals surface area contributed by atoms with Gasteiger partial charge < -0.3 is 14.5 Å². The Balaban J connectivity index is 1.99. The fourth-order valence-corrected chi connectivity index (χ4v) is 2.92. The van der Waals surface area contributed by atoms with Gasteiger partial charge in [-0.2, -0.15) is 8.78 Å². The molecule has 0 saturated carbocycles. The van der Waals surface area contributed by atoms with E-state index in [-0.39, 0.29) is 12.3 Å². The van der Waals surface area contributed by atoms with Gasteiger partial charge in [-0.25, -0.2) is 4.79 Å². The molecule has 0 aliphatic rings. The first-order valence-electron chi connectivity index (χ1n) is 8.18. The summed E-state index contributed by atoms with van der Waals surface area (Å²) in [4.78, 5) is 11.9. The van der Waals surface area contributed by atoms with Crippen molar-refractivity contribution in [2.24, 2.45) is 0 Å². The number of nitrogens with one attached hydrogen (secondary N) is 1. The average molecular weight is 359 g/mol. The lowest BCUT2D eigenvalue weighted by molar-refractivity contribution is -0.0493. The number of halogens is 2. The van der Waals surface area contributed by atoms with Crippen LogP contribution in [-0.2, 0) is 6.54 Å². The first-order chi connectivity index (χ1) is 12.4. The Labute approximate surface area is 149 Å². The van der Waals surface area contributed by atoms with Crippen molar-refractivity contribution in [3.8, 4) is 5.75 Å². The second kappa shape index (κ2) is 7.15. The number of hydrogen-bond donors (Lipinski definition) is 1. The van der Waals surface area contributed by atoms with Crippen molar-refractivity contribution in [1.82, 2.24) is 0 Å². The van der Waals surface area contributed by atoms with Gasteiger partial charge in [-0.1, -0.05) is 24.3 Å². The standard InChI is InChI=1S/C20H19F2NO3/c1-11-7-8-15-14(9-17(24)26-19(15)13(11)3)10-23-18-12(2)5-4-6-16(18)25-20(21)22/h4-9,20,23H,10H2,1-3H3. The lowest BCUT2D eigenvalue weighted by Crippen LogP contribution is -2.10. The first-order valence-corrected chi connectivity index (χ1v) is 8.18. The predicted molar refractivity (Wildman–Crippen MR) is 97.1 cm³/mol. The van der Waals surface area contributed by atoms with E-state index in [0.29, 0.717) is 11.3 Å². The summed E-state index contributed by atoms with van der Waals surface area (Å²) in [5, 5.41) is 3.93. The molecule has 0 aliphatic carbocycles. The van der Waals surface area contributed by atoms with Gasteiger partial charge in [0.1, 0.15) is 11.3 Å². The molecule has 0 aliphatic heterocycles. The van der Waals surface area contributed by atoms with Gasteiger partial charge >= 0.3 is 12.2 Å². The van der Waals surface area contributed by atoms with E-state index in [0.717, 1.165) is 27.6 Å². The van der Waals surface area contributed by atoms with E-state index < -0.39 is 12.2 Å². The van der Waals surface area contributed by atoms with Crippen LogP contribution in [0.5, 0.6) is 5.75 Å². The number of anilines is 1. The molecule has 6 heteroatoms. The molecule has 2 aromatic carbocycles. The van der Waals surface area contributed by atoms with Crippen LogP contribution in [0.2, 0.25) is 0 Å². The van der Waals surface area contributed by atoms with Crippen LogP contribution in [0.15, 0.2) is 45.6 Å². The minimum absolute atomic E-state index is 0.0688. The highest BCUT2D eigenvalue weighted by atomic mass is 19.3. The number of para-hydroxylation sites is 1. The average Bonchev–Trinajstić information content (AvgIpc) is 2.57. The van der Waals surface area contributed by atoms with Crippen molar-refractivity contribution in [2.45, 2.75) is 33.9 Å². The van der Waals surface area contributed by atoms with Gasteiger partial charge in [-0.05, 0) is 49.1 Å². The van der Waals surface area contributed by atoms with Gasteiger partial charge in [0.25, 0.3) is 0 Å². The zero-order valence-electron chi connectivity index (χ0n) is 14.7. The topological polar surface area (TPSA) is 51.5 Å². The smallest absolute Gasteiger partial charge is 0.387 e. The van der Waals surface area contributed by atoms with Gasteiger partial charge in [0.2, 0.25) is 0 Å². The molecule has 0 radical (unpaired) electrons. The van der Waals surface area contributed by atoms with Crippen LogP contribution in [0.4, 0.5) is 14.5 Å². The van der Waals surface area contributed by atoms with Gasteiger partial charge in [-0.15, -0.1) is 0 Å². The number of alkyl halides is 2. The van der Waals surface area contributed by atoms with E-state index in [9.17, 15) is 13.6 Å². The third-order valence-electron chi connectivity index (χ3n) is 4.42. The van der Waals surface area contributed by atoms with E-state index in [1.54, 1.807) is 19.1 Å². The largest absolute Gasteiger partial charge is 0.433 e. The molecule has 0 saturated heterocycles. The number of aryl methyl sites for hydroxylation is 3. The van der Waals surface area contributed by atoms with Crippen LogP contribution in [0.25, 0.3) is 11.0 Å². The molecule has 3 aromatic rings. The highest BCUT2D eigenvalue weighted by molar-refractivity contribution is 5.84. The van der Waals surface area contributed by atoms with Crippen molar-refractivity contribution < 1.29 is 17.9 Å². The maximum absolute atomic E-state index is 12.6. The van der Waals surface area contributed by atoms with E-state index in [2.05, 4.69) is 10.1 Å². The molecule has 3 rings (SSSR count). The summed E-state index contributed by atoms with van der Waals surface area (Å²) in [6.45, 7) is 3.00. The molecule has 26 heavy (non-hydrogen) atoms. The first kappa shape index (κ1) is 17.9. The number of rotatable bonds is 5. The normalized spacial score (nSPS) is 11.2. The lowest BCUT2D eigenvalue weighted by atomic mass is 10.0. The molecule has 1 N–H and O–H groups in total. The second-order valence-electron chi connectivity index (χ2n) is 6.15. The Kier molecular flexibility index (Phi) is 4.93. The number of fused-ring (bicyclic) bond motifs is 1. The maximum atomic E-state index is 12.6. The quantitative estimate of drug-likeness (QED) is 0.656. The molecule has 136 valence electrons. The summed E-state index contributed by atoms with van der Waals surface area (Å²) in [6.07, 6.45) is 0. The monoisotopic (exact) mass is 359 g/mol. The Hall–Kier alpha value is -2.89. The molecule has 0 unspecified atom stereocenters. The van der Waals surface area contributed by atoms with Gasteiger partial charge in [0, 0.05) is 18.0 Å². The minimum Gasteiger partial charge on any atom is -0.433 e. The molecule has 0 spiro atoms. The third-order valence-corrected chi connectivity index (χ3v) is 4.42.